The SMILES string of the molecule is CC(=O)c1ccc2c(c1)c1c3c4cc(C(C)=O)ccc4n(C)c3c3c(c4cc(C(C)=O)ccc4n3C)c1n2C. The molecule has 0 aliphatic heterocycles. The van der Waals surface area contributed by atoms with Gasteiger partial charge < -0.3 is 13.7 Å². The average Bonchev–Trinajstić information content (AvgIpc) is 3.48. The van der Waals surface area contributed by atoms with Crippen LogP contribution in [0.4, 0.5) is 0 Å². The highest BCUT2D eigenvalue weighted by molar-refractivity contribution is 6.40. The Bertz CT molecular complexity index is 2290. The molecule has 0 bridgehead atoms. The molecule has 7 rings (SSSR count). The van der Waals surface area contributed by atoms with Crippen LogP contribution in [0.2, 0.25) is 0 Å². The first-order valence-corrected chi connectivity index (χ1v) is 13.0. The topological polar surface area (TPSA) is 66.0 Å². The van der Waals surface area contributed by atoms with Gasteiger partial charge in [0.2, 0.25) is 0 Å². The third-order valence-corrected chi connectivity index (χ3v) is 8.53. The minimum atomic E-state index is 0.0132. The summed E-state index contributed by atoms with van der Waals surface area (Å²) in [5.74, 6) is 0.0550. The van der Waals surface area contributed by atoms with Gasteiger partial charge in [-0.2, -0.15) is 0 Å². The summed E-state index contributed by atoms with van der Waals surface area (Å²) >= 11 is 0. The van der Waals surface area contributed by atoms with Crippen molar-refractivity contribution in [3.05, 3.63) is 71.3 Å². The Labute approximate surface area is 224 Å². The van der Waals surface area contributed by atoms with Crippen LogP contribution in [0.25, 0.3) is 65.4 Å². The largest absolute Gasteiger partial charge is 0.343 e. The Kier molecular flexibility index (Phi) is 4.60. The molecule has 0 atom stereocenters. The Morgan fingerprint density at radius 3 is 1.15 bits per heavy atom. The average molecular weight is 514 g/mol. The fourth-order valence-corrected chi connectivity index (χ4v) is 6.58. The second-order valence-corrected chi connectivity index (χ2v) is 10.7. The van der Waals surface area contributed by atoms with E-state index >= 15 is 0 Å². The number of rotatable bonds is 3. The lowest BCUT2D eigenvalue weighted by Crippen LogP contribution is -1.94. The molecule has 0 aliphatic carbocycles. The molecule has 7 aromatic rings. The van der Waals surface area contributed by atoms with Crippen molar-refractivity contribution in [3.8, 4) is 0 Å². The van der Waals surface area contributed by atoms with Crippen LogP contribution in [0, 0.1) is 0 Å². The van der Waals surface area contributed by atoms with Crippen molar-refractivity contribution in [3.63, 3.8) is 0 Å². The highest BCUT2D eigenvalue weighted by atomic mass is 16.1. The smallest absolute Gasteiger partial charge is 0.159 e. The number of benzene rings is 4. The van der Waals surface area contributed by atoms with Gasteiger partial charge in [0.05, 0.1) is 16.6 Å². The summed E-state index contributed by atoms with van der Waals surface area (Å²) in [4.78, 5) is 37.3. The normalized spacial score (nSPS) is 12.2. The predicted octanol–water partition coefficient (Wildman–Crippen LogP) is 7.23. The summed E-state index contributed by atoms with van der Waals surface area (Å²) in [6.45, 7) is 4.77. The zero-order valence-corrected chi connectivity index (χ0v) is 22.8. The third-order valence-electron chi connectivity index (χ3n) is 8.53. The fourth-order valence-electron chi connectivity index (χ4n) is 6.58. The Morgan fingerprint density at radius 2 is 0.769 bits per heavy atom. The van der Waals surface area contributed by atoms with Gasteiger partial charge in [-0.15, -0.1) is 0 Å². The first-order valence-electron chi connectivity index (χ1n) is 13.0. The number of hydrogen-bond acceptors (Lipinski definition) is 3. The van der Waals surface area contributed by atoms with Gasteiger partial charge >= 0.3 is 0 Å². The van der Waals surface area contributed by atoms with Crippen molar-refractivity contribution in [2.75, 3.05) is 0 Å². The van der Waals surface area contributed by atoms with E-state index < -0.39 is 0 Å². The van der Waals surface area contributed by atoms with E-state index in [0.717, 1.165) is 65.4 Å². The van der Waals surface area contributed by atoms with Gasteiger partial charge in [-0.1, -0.05) is 0 Å². The highest BCUT2D eigenvalue weighted by Crippen LogP contribution is 2.47. The molecule has 0 radical (unpaired) electrons. The van der Waals surface area contributed by atoms with Crippen molar-refractivity contribution >= 4 is 82.8 Å². The van der Waals surface area contributed by atoms with E-state index in [4.69, 9.17) is 0 Å². The molecule has 0 unspecified atom stereocenters. The molecular formula is C33H27N3O3. The minimum absolute atomic E-state index is 0.0132. The molecule has 0 saturated carbocycles. The molecule has 4 aromatic carbocycles. The van der Waals surface area contributed by atoms with Gasteiger partial charge in [-0.3, -0.25) is 14.4 Å². The summed E-state index contributed by atoms with van der Waals surface area (Å²) in [7, 11) is 6.19. The lowest BCUT2D eigenvalue weighted by atomic mass is 9.98. The second kappa shape index (κ2) is 7.67. The number of aryl methyl sites for hydroxylation is 3. The Morgan fingerprint density at radius 1 is 0.462 bits per heavy atom. The molecule has 192 valence electrons. The van der Waals surface area contributed by atoms with Crippen LogP contribution in [-0.4, -0.2) is 31.1 Å². The van der Waals surface area contributed by atoms with Crippen molar-refractivity contribution in [2.45, 2.75) is 20.8 Å². The summed E-state index contributed by atoms with van der Waals surface area (Å²) < 4.78 is 6.61. The van der Waals surface area contributed by atoms with Crippen molar-refractivity contribution < 1.29 is 14.4 Å². The van der Waals surface area contributed by atoms with Crippen LogP contribution in [0.5, 0.6) is 0 Å². The van der Waals surface area contributed by atoms with Gasteiger partial charge in [0.15, 0.2) is 17.3 Å². The van der Waals surface area contributed by atoms with E-state index in [9.17, 15) is 14.4 Å². The number of nitrogens with zero attached hydrogens (tertiary/aromatic N) is 3. The second-order valence-electron chi connectivity index (χ2n) is 10.7. The molecule has 0 fully saturated rings. The van der Waals surface area contributed by atoms with E-state index in [0.29, 0.717) is 16.7 Å². The Balaban J connectivity index is 1.89. The van der Waals surface area contributed by atoms with Gasteiger partial charge in [-0.25, -0.2) is 0 Å². The summed E-state index contributed by atoms with van der Waals surface area (Å²) in [5.41, 5.74) is 8.23. The van der Waals surface area contributed by atoms with Gasteiger partial charge in [0.1, 0.15) is 0 Å². The zero-order valence-electron chi connectivity index (χ0n) is 22.8. The predicted molar refractivity (Wildman–Crippen MR) is 158 cm³/mol. The number of hydrogen-bond donors (Lipinski definition) is 0. The standard InChI is InChI=1S/C33H27N3O3/c1-16(37)19-7-10-25-22(13-19)28-29-23-14-20(17(2)38)8-11-26(23)35(5)32(29)33-30(31(28)34(25)4)24-15-21(18(3)39)9-12-27(24)36(33)6/h7-15H,1-6H3. The monoisotopic (exact) mass is 513 g/mol. The fraction of sp³-hybridized carbons (Fsp3) is 0.182. The third kappa shape index (κ3) is 2.88. The number of fused-ring (bicyclic) bond motifs is 12. The molecule has 39 heavy (non-hydrogen) atoms. The lowest BCUT2D eigenvalue weighted by molar-refractivity contribution is 0.100. The molecule has 3 heterocycles. The molecule has 3 aromatic heterocycles. The maximum atomic E-state index is 12.4. The van der Waals surface area contributed by atoms with E-state index in [2.05, 4.69) is 34.8 Å². The van der Waals surface area contributed by atoms with Gasteiger partial charge in [0, 0.05) is 86.7 Å². The van der Waals surface area contributed by atoms with E-state index in [1.54, 1.807) is 20.8 Å². The van der Waals surface area contributed by atoms with Gasteiger partial charge in [-0.05, 0) is 75.4 Å². The summed E-state index contributed by atoms with van der Waals surface area (Å²) in [6.07, 6.45) is 0. The molecule has 6 nitrogen and oxygen atoms in total. The van der Waals surface area contributed by atoms with E-state index in [-0.39, 0.29) is 17.3 Å². The zero-order chi connectivity index (χ0) is 27.5. The maximum absolute atomic E-state index is 12.4. The molecule has 6 heteroatoms. The number of Topliss-reactive ketones (excluding diaryl/α,β-unsaturated/α-hetero) is 3. The minimum Gasteiger partial charge on any atom is -0.343 e. The van der Waals surface area contributed by atoms with Crippen LogP contribution in [0.1, 0.15) is 51.8 Å². The lowest BCUT2D eigenvalue weighted by Gasteiger charge is -2.07. The molecule has 0 aliphatic rings. The first-order chi connectivity index (χ1) is 18.6. The Hall–Kier alpha value is -4.71. The van der Waals surface area contributed by atoms with Crippen molar-refractivity contribution in [2.24, 2.45) is 21.1 Å². The van der Waals surface area contributed by atoms with E-state index in [1.165, 1.54) is 0 Å². The molecule has 0 N–H and O–H groups in total. The maximum Gasteiger partial charge on any atom is 0.159 e. The molecule has 0 saturated heterocycles. The number of carbonyl (C=O) groups excluding carboxylic acids is 3. The highest BCUT2D eigenvalue weighted by Gasteiger charge is 2.26. The number of aromatic nitrogens is 3. The molecule has 0 spiro atoms. The summed E-state index contributed by atoms with van der Waals surface area (Å²) in [5, 5.41) is 6.18. The summed E-state index contributed by atoms with van der Waals surface area (Å²) in [6, 6.07) is 17.7. The first kappa shape index (κ1) is 23.4. The number of carbonyl (C=O) groups is 3. The van der Waals surface area contributed by atoms with Crippen molar-refractivity contribution in [1.29, 1.82) is 0 Å². The quantitative estimate of drug-likeness (QED) is 0.234. The molecular weight excluding hydrogens is 486 g/mol. The van der Waals surface area contributed by atoms with Crippen LogP contribution >= 0.6 is 0 Å². The van der Waals surface area contributed by atoms with Gasteiger partial charge in [0.25, 0.3) is 0 Å². The van der Waals surface area contributed by atoms with E-state index in [1.807, 2.05) is 54.6 Å². The molecule has 0 amide bonds. The van der Waals surface area contributed by atoms with Crippen LogP contribution in [0.15, 0.2) is 54.6 Å². The van der Waals surface area contributed by atoms with Crippen LogP contribution in [-0.2, 0) is 21.1 Å². The van der Waals surface area contributed by atoms with Crippen LogP contribution in [0.3, 0.4) is 0 Å². The van der Waals surface area contributed by atoms with Crippen LogP contribution < -0.4 is 0 Å². The van der Waals surface area contributed by atoms with Crippen molar-refractivity contribution in [1.82, 2.24) is 13.7 Å². The number of ketones is 3.